The molecular formula is C14H13N5O. The van der Waals surface area contributed by atoms with Gasteiger partial charge in [-0.15, -0.1) is 5.10 Å². The molecule has 0 fully saturated rings. The summed E-state index contributed by atoms with van der Waals surface area (Å²) in [5.74, 6) is 0.981. The Morgan fingerprint density at radius 3 is 2.70 bits per heavy atom. The number of hydrogen-bond acceptors (Lipinski definition) is 5. The van der Waals surface area contributed by atoms with E-state index in [0.717, 1.165) is 17.1 Å². The maximum Gasteiger partial charge on any atom is 0.213 e. The minimum Gasteiger partial charge on any atom is -0.481 e. The lowest BCUT2D eigenvalue weighted by molar-refractivity contribution is 0.397. The van der Waals surface area contributed by atoms with Gasteiger partial charge in [-0.1, -0.05) is 6.07 Å². The summed E-state index contributed by atoms with van der Waals surface area (Å²) >= 11 is 0. The van der Waals surface area contributed by atoms with E-state index in [1.807, 2.05) is 24.3 Å². The van der Waals surface area contributed by atoms with Crippen molar-refractivity contribution in [1.82, 2.24) is 19.7 Å². The molecule has 6 nitrogen and oxygen atoms in total. The van der Waals surface area contributed by atoms with E-state index >= 15 is 0 Å². The zero-order chi connectivity index (χ0) is 13.9. The topological polar surface area (TPSA) is 78.9 Å². The van der Waals surface area contributed by atoms with E-state index in [1.165, 1.54) is 0 Å². The van der Waals surface area contributed by atoms with Crippen molar-refractivity contribution in [2.75, 3.05) is 12.8 Å². The molecule has 0 bridgehead atoms. The van der Waals surface area contributed by atoms with Crippen LogP contribution in [0.5, 0.6) is 5.88 Å². The molecule has 0 amide bonds. The molecule has 3 rings (SSSR count). The monoisotopic (exact) mass is 267 g/mol. The average molecular weight is 267 g/mol. The van der Waals surface area contributed by atoms with E-state index in [-0.39, 0.29) is 0 Å². The van der Waals surface area contributed by atoms with Crippen molar-refractivity contribution < 1.29 is 4.74 Å². The van der Waals surface area contributed by atoms with Gasteiger partial charge < -0.3 is 10.5 Å². The second kappa shape index (κ2) is 5.00. The highest BCUT2D eigenvalue weighted by Gasteiger charge is 2.11. The molecule has 3 aromatic rings. The maximum absolute atomic E-state index is 5.81. The number of methoxy groups -OCH3 is 1. The minimum absolute atomic E-state index is 0.432. The summed E-state index contributed by atoms with van der Waals surface area (Å²) in [4.78, 5) is 8.49. The third kappa shape index (κ3) is 2.18. The Morgan fingerprint density at radius 2 is 2.05 bits per heavy atom. The summed E-state index contributed by atoms with van der Waals surface area (Å²) < 4.78 is 6.76. The van der Waals surface area contributed by atoms with Crippen LogP contribution in [0.15, 0.2) is 48.8 Å². The molecule has 0 unspecified atom stereocenters. The van der Waals surface area contributed by atoms with Crippen LogP contribution in [0.1, 0.15) is 0 Å². The van der Waals surface area contributed by atoms with Gasteiger partial charge in [0.05, 0.1) is 30.4 Å². The molecular weight excluding hydrogens is 254 g/mol. The fraction of sp³-hybridized carbons (Fsp3) is 0.0714. The number of ether oxygens (including phenoxy) is 1. The van der Waals surface area contributed by atoms with Crippen molar-refractivity contribution in [2.45, 2.75) is 0 Å². The molecule has 0 atom stereocenters. The van der Waals surface area contributed by atoms with Crippen LogP contribution in [-0.2, 0) is 0 Å². The Labute approximate surface area is 115 Å². The second-order valence-electron chi connectivity index (χ2n) is 4.14. The molecule has 0 aliphatic rings. The number of pyridine rings is 2. The first-order valence-corrected chi connectivity index (χ1v) is 6.05. The average Bonchev–Trinajstić information content (AvgIpc) is 2.90. The smallest absolute Gasteiger partial charge is 0.213 e. The number of nitrogens with zero attached hydrogens (tertiary/aromatic N) is 4. The molecule has 0 aliphatic heterocycles. The molecule has 0 aliphatic carbocycles. The molecule has 2 N–H and O–H groups in total. The zero-order valence-electron chi connectivity index (χ0n) is 10.9. The van der Waals surface area contributed by atoms with Crippen LogP contribution >= 0.6 is 0 Å². The summed E-state index contributed by atoms with van der Waals surface area (Å²) in [6, 6.07) is 11.1. The van der Waals surface area contributed by atoms with Gasteiger partial charge in [-0.25, -0.2) is 9.67 Å². The van der Waals surface area contributed by atoms with Gasteiger partial charge in [0, 0.05) is 18.3 Å². The minimum atomic E-state index is 0.432. The standard InChI is InChI=1S/C14H13N5O/c1-20-14-6-5-10(9-17-14)19-12(8-13(15)18-19)11-4-2-3-7-16-11/h2-9H,1H3,(H2,15,18). The molecule has 20 heavy (non-hydrogen) atoms. The van der Waals surface area contributed by atoms with Crippen molar-refractivity contribution in [2.24, 2.45) is 0 Å². The van der Waals surface area contributed by atoms with Crippen LogP contribution < -0.4 is 10.5 Å². The van der Waals surface area contributed by atoms with Crippen molar-refractivity contribution in [1.29, 1.82) is 0 Å². The van der Waals surface area contributed by atoms with E-state index in [2.05, 4.69) is 15.1 Å². The second-order valence-corrected chi connectivity index (χ2v) is 4.14. The molecule has 6 heteroatoms. The fourth-order valence-electron chi connectivity index (χ4n) is 1.91. The lowest BCUT2D eigenvalue weighted by Crippen LogP contribution is -2.01. The van der Waals surface area contributed by atoms with Gasteiger partial charge in [0.15, 0.2) is 0 Å². The van der Waals surface area contributed by atoms with Gasteiger partial charge in [0.2, 0.25) is 5.88 Å². The summed E-state index contributed by atoms with van der Waals surface area (Å²) in [5, 5.41) is 4.29. The molecule has 0 radical (unpaired) electrons. The SMILES string of the molecule is COc1ccc(-n2nc(N)cc2-c2ccccn2)cn1. The molecule has 0 saturated carbocycles. The number of anilines is 1. The zero-order valence-corrected chi connectivity index (χ0v) is 10.9. The summed E-state index contributed by atoms with van der Waals surface area (Å²) in [7, 11) is 1.58. The molecule has 0 spiro atoms. The first-order valence-electron chi connectivity index (χ1n) is 6.05. The van der Waals surface area contributed by atoms with Crippen molar-refractivity contribution in [3.05, 3.63) is 48.8 Å². The highest BCUT2D eigenvalue weighted by molar-refractivity contribution is 5.61. The number of nitrogens with two attached hydrogens (primary N) is 1. The van der Waals surface area contributed by atoms with Gasteiger partial charge in [-0.2, -0.15) is 0 Å². The van der Waals surface area contributed by atoms with Crippen molar-refractivity contribution in [3.8, 4) is 23.0 Å². The summed E-state index contributed by atoms with van der Waals surface area (Å²) in [6.45, 7) is 0. The largest absolute Gasteiger partial charge is 0.481 e. The molecule has 3 heterocycles. The van der Waals surface area contributed by atoms with Crippen molar-refractivity contribution in [3.63, 3.8) is 0 Å². The summed E-state index contributed by atoms with van der Waals surface area (Å²) in [5.41, 5.74) is 8.21. The Morgan fingerprint density at radius 1 is 1.15 bits per heavy atom. The van der Waals surface area contributed by atoms with E-state index in [1.54, 1.807) is 36.3 Å². The third-order valence-electron chi connectivity index (χ3n) is 2.83. The summed E-state index contributed by atoms with van der Waals surface area (Å²) in [6.07, 6.45) is 3.41. The normalized spacial score (nSPS) is 10.4. The Hall–Kier alpha value is -2.89. The van der Waals surface area contributed by atoms with Crippen LogP contribution in [0.2, 0.25) is 0 Å². The molecule has 0 saturated heterocycles. The highest BCUT2D eigenvalue weighted by Crippen LogP contribution is 2.23. The predicted octanol–water partition coefficient (Wildman–Crippen LogP) is 1.92. The molecule has 3 aromatic heterocycles. The first kappa shape index (κ1) is 12.2. The molecule has 100 valence electrons. The van der Waals surface area contributed by atoms with Crippen LogP contribution in [0, 0.1) is 0 Å². The maximum atomic E-state index is 5.81. The van der Waals surface area contributed by atoms with Gasteiger partial charge in [0.25, 0.3) is 0 Å². The Balaban J connectivity index is 2.09. The highest BCUT2D eigenvalue weighted by atomic mass is 16.5. The van der Waals surface area contributed by atoms with Gasteiger partial charge in [-0.3, -0.25) is 4.98 Å². The Kier molecular flexibility index (Phi) is 3.04. The van der Waals surface area contributed by atoms with Crippen LogP contribution in [-0.4, -0.2) is 26.9 Å². The van der Waals surface area contributed by atoms with E-state index in [4.69, 9.17) is 10.5 Å². The third-order valence-corrected chi connectivity index (χ3v) is 2.83. The van der Waals surface area contributed by atoms with Crippen LogP contribution in [0.3, 0.4) is 0 Å². The lowest BCUT2D eigenvalue weighted by Gasteiger charge is -2.07. The van der Waals surface area contributed by atoms with Gasteiger partial charge in [0.1, 0.15) is 5.82 Å². The van der Waals surface area contributed by atoms with E-state index in [9.17, 15) is 0 Å². The van der Waals surface area contributed by atoms with E-state index in [0.29, 0.717) is 11.7 Å². The lowest BCUT2D eigenvalue weighted by atomic mass is 10.2. The molecule has 0 aromatic carbocycles. The van der Waals surface area contributed by atoms with Crippen molar-refractivity contribution >= 4 is 5.82 Å². The van der Waals surface area contributed by atoms with Crippen LogP contribution in [0.25, 0.3) is 17.1 Å². The number of nitrogen functional groups attached to an aromatic ring is 1. The predicted molar refractivity (Wildman–Crippen MR) is 75.6 cm³/mol. The van der Waals surface area contributed by atoms with E-state index < -0.39 is 0 Å². The number of hydrogen-bond donors (Lipinski definition) is 1. The Bertz CT molecular complexity index is 706. The van der Waals surface area contributed by atoms with Gasteiger partial charge in [-0.05, 0) is 18.2 Å². The quantitative estimate of drug-likeness (QED) is 0.784. The number of aromatic nitrogens is 4. The fourth-order valence-corrected chi connectivity index (χ4v) is 1.91. The van der Waals surface area contributed by atoms with Gasteiger partial charge >= 0.3 is 0 Å². The first-order chi connectivity index (χ1) is 9.78. The van der Waals surface area contributed by atoms with Crippen LogP contribution in [0.4, 0.5) is 5.82 Å². The number of rotatable bonds is 3.